The van der Waals surface area contributed by atoms with Crippen molar-refractivity contribution in [3.05, 3.63) is 35.4 Å². The van der Waals surface area contributed by atoms with Gasteiger partial charge in [0.25, 0.3) is 5.91 Å². The van der Waals surface area contributed by atoms with Gasteiger partial charge >= 0.3 is 0 Å². The Hall–Kier alpha value is -1.86. The summed E-state index contributed by atoms with van der Waals surface area (Å²) in [6, 6.07) is 8.63. The number of benzene rings is 1. The highest BCUT2D eigenvalue weighted by molar-refractivity contribution is 5.84. The van der Waals surface area contributed by atoms with Crippen LogP contribution in [0, 0.1) is 11.3 Å². The minimum absolute atomic E-state index is 0.469. The predicted octanol–water partition coefficient (Wildman–Crippen LogP) is 0.905. The van der Waals surface area contributed by atoms with Crippen LogP contribution in [-0.2, 0) is 15.1 Å². The standard InChI is InChI=1S/C11H12N2O2/c1-11(15-2,10(13)14)9-5-3-4-8(6-9)7-12/h3-6H,1-2H3,(H2,13,14). The van der Waals surface area contributed by atoms with Crippen LogP contribution in [0.4, 0.5) is 0 Å². The van der Waals surface area contributed by atoms with Gasteiger partial charge in [-0.15, -0.1) is 0 Å². The van der Waals surface area contributed by atoms with Crippen LogP contribution < -0.4 is 5.73 Å². The Morgan fingerprint density at radius 2 is 2.27 bits per heavy atom. The van der Waals surface area contributed by atoms with Crippen molar-refractivity contribution in [3.63, 3.8) is 0 Å². The molecule has 0 spiro atoms. The summed E-state index contributed by atoms with van der Waals surface area (Å²) >= 11 is 0. The van der Waals surface area contributed by atoms with Gasteiger partial charge < -0.3 is 10.5 Å². The summed E-state index contributed by atoms with van der Waals surface area (Å²) in [4.78, 5) is 11.3. The first kappa shape index (κ1) is 11.2. The molecular formula is C11H12N2O2. The molecule has 2 N–H and O–H groups in total. The van der Waals surface area contributed by atoms with E-state index in [2.05, 4.69) is 0 Å². The number of nitrogens with zero attached hydrogens (tertiary/aromatic N) is 1. The van der Waals surface area contributed by atoms with Crippen molar-refractivity contribution in [3.8, 4) is 6.07 Å². The van der Waals surface area contributed by atoms with E-state index in [1.807, 2.05) is 6.07 Å². The summed E-state index contributed by atoms with van der Waals surface area (Å²) in [6.45, 7) is 1.58. The zero-order chi connectivity index (χ0) is 11.5. The molecule has 0 aliphatic heterocycles. The number of carbonyl (C=O) groups excluding carboxylic acids is 1. The number of ether oxygens (including phenoxy) is 1. The van der Waals surface area contributed by atoms with Crippen LogP contribution in [0.15, 0.2) is 24.3 Å². The van der Waals surface area contributed by atoms with E-state index >= 15 is 0 Å². The maximum absolute atomic E-state index is 11.3. The van der Waals surface area contributed by atoms with E-state index in [0.29, 0.717) is 11.1 Å². The van der Waals surface area contributed by atoms with Gasteiger partial charge in [-0.1, -0.05) is 12.1 Å². The molecule has 1 atom stereocenters. The van der Waals surface area contributed by atoms with E-state index in [1.54, 1.807) is 31.2 Å². The Balaban J connectivity index is 3.25. The topological polar surface area (TPSA) is 76.1 Å². The van der Waals surface area contributed by atoms with Crippen molar-refractivity contribution in [2.45, 2.75) is 12.5 Å². The Morgan fingerprint density at radius 3 is 2.73 bits per heavy atom. The fourth-order valence-corrected chi connectivity index (χ4v) is 1.25. The van der Waals surface area contributed by atoms with Crippen LogP contribution >= 0.6 is 0 Å². The zero-order valence-corrected chi connectivity index (χ0v) is 8.65. The summed E-state index contributed by atoms with van der Waals surface area (Å²) < 4.78 is 5.10. The number of hydrogen-bond acceptors (Lipinski definition) is 3. The molecule has 0 saturated heterocycles. The van der Waals surface area contributed by atoms with Crippen LogP contribution in [0.5, 0.6) is 0 Å². The fraction of sp³-hybridized carbons (Fsp3) is 0.273. The van der Waals surface area contributed by atoms with Crippen LogP contribution in [0.2, 0.25) is 0 Å². The minimum atomic E-state index is -1.19. The monoisotopic (exact) mass is 204 g/mol. The third-order valence-electron chi connectivity index (χ3n) is 2.42. The molecule has 0 bridgehead atoms. The molecular weight excluding hydrogens is 192 g/mol. The molecule has 1 unspecified atom stereocenters. The first-order chi connectivity index (χ1) is 7.04. The number of rotatable bonds is 3. The SMILES string of the molecule is COC(C)(C(N)=O)c1cccc(C#N)c1. The van der Waals surface area contributed by atoms with Gasteiger partial charge in [-0.3, -0.25) is 4.79 Å². The number of hydrogen-bond donors (Lipinski definition) is 1. The molecule has 1 aromatic carbocycles. The molecule has 0 aliphatic carbocycles. The second-order valence-corrected chi connectivity index (χ2v) is 3.29. The average Bonchev–Trinajstić information content (AvgIpc) is 2.27. The highest BCUT2D eigenvalue weighted by Gasteiger charge is 2.33. The van der Waals surface area contributed by atoms with Gasteiger partial charge in [-0.2, -0.15) is 5.26 Å². The minimum Gasteiger partial charge on any atom is -0.367 e. The summed E-state index contributed by atoms with van der Waals surface area (Å²) in [5.74, 6) is -0.583. The van der Waals surface area contributed by atoms with Gasteiger partial charge in [0.05, 0.1) is 11.6 Å². The van der Waals surface area contributed by atoms with Gasteiger partial charge in [-0.25, -0.2) is 0 Å². The molecule has 0 fully saturated rings. The third-order valence-corrected chi connectivity index (χ3v) is 2.42. The van der Waals surface area contributed by atoms with Crippen molar-refractivity contribution >= 4 is 5.91 Å². The Morgan fingerprint density at radius 1 is 1.60 bits per heavy atom. The molecule has 0 heterocycles. The normalized spacial score (nSPS) is 13.9. The van der Waals surface area contributed by atoms with Gasteiger partial charge in [-0.05, 0) is 24.6 Å². The predicted molar refractivity (Wildman–Crippen MR) is 54.7 cm³/mol. The summed E-state index contributed by atoms with van der Waals surface area (Å²) in [5, 5.41) is 8.73. The third kappa shape index (κ3) is 1.97. The number of nitrogens with two attached hydrogens (primary N) is 1. The number of carbonyl (C=O) groups is 1. The molecule has 1 amide bonds. The smallest absolute Gasteiger partial charge is 0.254 e. The molecule has 78 valence electrons. The lowest BCUT2D eigenvalue weighted by Gasteiger charge is -2.24. The van der Waals surface area contributed by atoms with Crippen molar-refractivity contribution in [1.29, 1.82) is 5.26 Å². The highest BCUT2D eigenvalue weighted by Crippen LogP contribution is 2.24. The molecule has 0 aromatic heterocycles. The maximum Gasteiger partial charge on any atom is 0.254 e. The molecule has 4 nitrogen and oxygen atoms in total. The van der Waals surface area contributed by atoms with Gasteiger partial charge in [0.1, 0.15) is 0 Å². The molecule has 0 aliphatic rings. The van der Waals surface area contributed by atoms with Gasteiger partial charge in [0.15, 0.2) is 5.60 Å². The van der Waals surface area contributed by atoms with Gasteiger partial charge in [0.2, 0.25) is 0 Å². The van der Waals surface area contributed by atoms with E-state index in [4.69, 9.17) is 15.7 Å². The quantitative estimate of drug-likeness (QED) is 0.794. The number of nitriles is 1. The molecule has 15 heavy (non-hydrogen) atoms. The summed E-state index contributed by atoms with van der Waals surface area (Å²) in [7, 11) is 1.41. The van der Waals surface area contributed by atoms with Crippen LogP contribution in [-0.4, -0.2) is 13.0 Å². The Bertz CT molecular complexity index is 423. The molecule has 0 radical (unpaired) electrons. The molecule has 0 saturated carbocycles. The first-order valence-electron chi connectivity index (χ1n) is 4.40. The van der Waals surface area contributed by atoms with Gasteiger partial charge in [0, 0.05) is 7.11 Å². The van der Waals surface area contributed by atoms with Crippen LogP contribution in [0.3, 0.4) is 0 Å². The molecule has 1 rings (SSSR count). The van der Waals surface area contributed by atoms with Crippen molar-refractivity contribution in [2.24, 2.45) is 5.73 Å². The van der Waals surface area contributed by atoms with E-state index in [-0.39, 0.29) is 0 Å². The summed E-state index contributed by atoms with van der Waals surface area (Å²) in [5.41, 5.74) is 5.12. The number of amides is 1. The van der Waals surface area contributed by atoms with Crippen LogP contribution in [0.25, 0.3) is 0 Å². The Labute approximate surface area is 88.3 Å². The second-order valence-electron chi connectivity index (χ2n) is 3.29. The summed E-state index contributed by atoms with van der Waals surface area (Å²) in [6.07, 6.45) is 0. The average molecular weight is 204 g/mol. The van der Waals surface area contributed by atoms with E-state index in [0.717, 1.165) is 0 Å². The lowest BCUT2D eigenvalue weighted by atomic mass is 9.94. The lowest BCUT2D eigenvalue weighted by Crippen LogP contribution is -2.40. The maximum atomic E-state index is 11.3. The fourth-order valence-electron chi connectivity index (χ4n) is 1.25. The van der Waals surface area contributed by atoms with E-state index in [9.17, 15) is 4.79 Å². The van der Waals surface area contributed by atoms with Crippen LogP contribution in [0.1, 0.15) is 18.1 Å². The largest absolute Gasteiger partial charge is 0.367 e. The van der Waals surface area contributed by atoms with Crippen molar-refractivity contribution in [2.75, 3.05) is 7.11 Å². The molecule has 4 heteroatoms. The highest BCUT2D eigenvalue weighted by atomic mass is 16.5. The van der Waals surface area contributed by atoms with E-state index in [1.165, 1.54) is 7.11 Å². The first-order valence-corrected chi connectivity index (χ1v) is 4.40. The van der Waals surface area contributed by atoms with Crippen molar-refractivity contribution in [1.82, 2.24) is 0 Å². The lowest BCUT2D eigenvalue weighted by molar-refractivity contribution is -0.139. The van der Waals surface area contributed by atoms with Crippen molar-refractivity contribution < 1.29 is 9.53 Å². The zero-order valence-electron chi connectivity index (χ0n) is 8.65. The second kappa shape index (κ2) is 4.11. The molecule has 1 aromatic rings. The number of methoxy groups -OCH3 is 1. The number of primary amides is 1. The van der Waals surface area contributed by atoms with E-state index < -0.39 is 11.5 Å². The Kier molecular flexibility index (Phi) is 3.08.